The summed E-state index contributed by atoms with van der Waals surface area (Å²) in [5.74, 6) is 0. The molecule has 2 heterocycles. The highest BCUT2D eigenvalue weighted by atomic mass is 16.7. The fourth-order valence-corrected chi connectivity index (χ4v) is 1.63. The number of hydrogen-bond donors (Lipinski definition) is 1. The summed E-state index contributed by atoms with van der Waals surface area (Å²) < 4.78 is 10.4. The van der Waals surface area contributed by atoms with Crippen LogP contribution >= 0.6 is 0 Å². The van der Waals surface area contributed by atoms with Gasteiger partial charge < -0.3 is 14.6 Å². The third kappa shape index (κ3) is 1.95. The van der Waals surface area contributed by atoms with Gasteiger partial charge in [0.15, 0.2) is 0 Å². The van der Waals surface area contributed by atoms with Crippen LogP contribution < -0.4 is 0 Å². The Labute approximate surface area is 72.1 Å². The molecule has 1 atom stereocenters. The van der Waals surface area contributed by atoms with Crippen LogP contribution in [0, 0.1) is 0 Å². The molecule has 0 aliphatic carbocycles. The van der Waals surface area contributed by atoms with Crippen LogP contribution in [0.5, 0.6) is 0 Å². The maximum absolute atomic E-state index is 9.04. The number of nitrogens with zero attached hydrogens (tertiary/aromatic N) is 1. The summed E-state index contributed by atoms with van der Waals surface area (Å²) in [5, 5.41) is 9.04. The highest BCUT2D eigenvalue weighted by Gasteiger charge is 2.27. The molecule has 1 N–H and O–H groups in total. The molecule has 0 saturated carbocycles. The first-order chi connectivity index (χ1) is 5.84. The largest absolute Gasteiger partial charge is 0.390 e. The third-order valence-corrected chi connectivity index (χ3v) is 2.37. The van der Waals surface area contributed by atoms with Crippen LogP contribution in [0.25, 0.3) is 0 Å². The van der Waals surface area contributed by atoms with Gasteiger partial charge in [-0.3, -0.25) is 4.90 Å². The summed E-state index contributed by atoms with van der Waals surface area (Å²) >= 11 is 0. The monoisotopic (exact) mass is 173 g/mol. The molecule has 0 bridgehead atoms. The van der Waals surface area contributed by atoms with Gasteiger partial charge in [-0.2, -0.15) is 0 Å². The minimum atomic E-state index is -0.107. The Kier molecular flexibility index (Phi) is 2.60. The molecular weight excluding hydrogens is 158 g/mol. The van der Waals surface area contributed by atoms with Crippen molar-refractivity contribution >= 4 is 0 Å². The molecule has 2 saturated heterocycles. The molecule has 0 aromatic heterocycles. The van der Waals surface area contributed by atoms with Crippen LogP contribution in [-0.2, 0) is 9.47 Å². The summed E-state index contributed by atoms with van der Waals surface area (Å²) in [7, 11) is 0. The predicted molar refractivity (Wildman–Crippen MR) is 42.8 cm³/mol. The van der Waals surface area contributed by atoms with Gasteiger partial charge in [0.1, 0.15) is 6.79 Å². The van der Waals surface area contributed by atoms with Gasteiger partial charge in [0.2, 0.25) is 0 Å². The van der Waals surface area contributed by atoms with E-state index in [0.717, 1.165) is 32.7 Å². The predicted octanol–water partition coefficient (Wildman–Crippen LogP) is -0.574. The quantitative estimate of drug-likeness (QED) is 0.607. The molecule has 0 aromatic rings. The van der Waals surface area contributed by atoms with E-state index in [1.54, 1.807) is 0 Å². The zero-order valence-corrected chi connectivity index (χ0v) is 7.11. The van der Waals surface area contributed by atoms with E-state index < -0.39 is 0 Å². The van der Waals surface area contributed by atoms with Crippen LogP contribution in [0.4, 0.5) is 0 Å². The summed E-state index contributed by atoms with van der Waals surface area (Å²) in [6, 6.07) is 0. The lowest BCUT2D eigenvalue weighted by molar-refractivity contribution is -0.152. The fourth-order valence-electron chi connectivity index (χ4n) is 1.63. The lowest BCUT2D eigenvalue weighted by Crippen LogP contribution is -2.53. The van der Waals surface area contributed by atoms with Gasteiger partial charge in [-0.15, -0.1) is 0 Å². The number of β-amino-alcohol motifs (C(OH)–C–C–N with tert-alkyl or cyclic N) is 1. The van der Waals surface area contributed by atoms with E-state index >= 15 is 0 Å². The third-order valence-electron chi connectivity index (χ3n) is 2.37. The van der Waals surface area contributed by atoms with Crippen molar-refractivity contribution in [2.75, 3.05) is 33.0 Å². The lowest BCUT2D eigenvalue weighted by atomic mass is 10.1. The van der Waals surface area contributed by atoms with E-state index in [2.05, 4.69) is 4.90 Å². The molecule has 2 fully saturated rings. The summed E-state index contributed by atoms with van der Waals surface area (Å²) in [6.45, 7) is 3.80. The Bertz CT molecular complexity index is 141. The molecule has 12 heavy (non-hydrogen) atoms. The molecule has 4 nitrogen and oxygen atoms in total. The van der Waals surface area contributed by atoms with Crippen LogP contribution in [0.15, 0.2) is 0 Å². The van der Waals surface area contributed by atoms with Crippen molar-refractivity contribution in [1.82, 2.24) is 4.90 Å². The smallest absolute Gasteiger partial charge is 0.147 e. The lowest BCUT2D eigenvalue weighted by Gasteiger charge is -2.38. The van der Waals surface area contributed by atoms with E-state index in [9.17, 15) is 0 Å². The number of ether oxygens (including phenoxy) is 2. The normalized spacial score (nSPS) is 33.2. The zero-order valence-electron chi connectivity index (χ0n) is 7.11. The van der Waals surface area contributed by atoms with Gasteiger partial charge in [-0.1, -0.05) is 0 Å². The van der Waals surface area contributed by atoms with Crippen molar-refractivity contribution in [1.29, 1.82) is 0 Å². The van der Waals surface area contributed by atoms with E-state index in [1.165, 1.54) is 0 Å². The van der Waals surface area contributed by atoms with Crippen LogP contribution in [0.1, 0.15) is 6.42 Å². The number of likely N-dealkylation sites (tertiary alicyclic amines) is 1. The van der Waals surface area contributed by atoms with Gasteiger partial charge in [0.25, 0.3) is 0 Å². The average molecular weight is 173 g/mol. The van der Waals surface area contributed by atoms with Gasteiger partial charge in [0.05, 0.1) is 18.8 Å². The Hall–Kier alpha value is -0.160. The number of rotatable bonds is 2. The maximum atomic E-state index is 9.04. The molecule has 2 rings (SSSR count). The van der Waals surface area contributed by atoms with Gasteiger partial charge >= 0.3 is 0 Å². The molecule has 1 unspecified atom stereocenters. The van der Waals surface area contributed by atoms with Crippen LogP contribution in [-0.4, -0.2) is 55.2 Å². The summed E-state index contributed by atoms with van der Waals surface area (Å²) in [5.41, 5.74) is 0. The van der Waals surface area contributed by atoms with Crippen molar-refractivity contribution in [3.05, 3.63) is 0 Å². The van der Waals surface area contributed by atoms with Crippen molar-refractivity contribution in [3.63, 3.8) is 0 Å². The standard InChI is InChI=1S/C8H15NO3/c10-7-3-9(4-7)5-8-1-2-11-6-12-8/h7-8,10H,1-6H2. The fraction of sp³-hybridized carbons (Fsp3) is 1.00. The summed E-state index contributed by atoms with van der Waals surface area (Å²) in [6.07, 6.45) is 1.18. The molecule has 2 aliphatic heterocycles. The van der Waals surface area contributed by atoms with E-state index in [-0.39, 0.29) is 6.10 Å². The topological polar surface area (TPSA) is 41.9 Å². The maximum Gasteiger partial charge on any atom is 0.147 e. The zero-order chi connectivity index (χ0) is 8.39. The molecule has 0 amide bonds. The average Bonchev–Trinajstić information content (AvgIpc) is 2.04. The first-order valence-electron chi connectivity index (χ1n) is 4.44. The van der Waals surface area contributed by atoms with Crippen LogP contribution in [0.2, 0.25) is 0 Å². The Morgan fingerprint density at radius 1 is 1.42 bits per heavy atom. The Balaban J connectivity index is 1.65. The Morgan fingerprint density at radius 2 is 2.25 bits per heavy atom. The highest BCUT2D eigenvalue weighted by Crippen LogP contribution is 2.13. The van der Waals surface area contributed by atoms with E-state index in [0.29, 0.717) is 12.9 Å². The van der Waals surface area contributed by atoms with E-state index in [4.69, 9.17) is 14.6 Å². The van der Waals surface area contributed by atoms with Crippen molar-refractivity contribution < 1.29 is 14.6 Å². The molecule has 0 radical (unpaired) electrons. The van der Waals surface area contributed by atoms with Crippen molar-refractivity contribution in [3.8, 4) is 0 Å². The molecule has 2 aliphatic rings. The summed E-state index contributed by atoms with van der Waals surface area (Å²) in [4.78, 5) is 2.21. The second kappa shape index (κ2) is 3.70. The van der Waals surface area contributed by atoms with Crippen molar-refractivity contribution in [2.45, 2.75) is 18.6 Å². The number of aliphatic hydroxyl groups is 1. The van der Waals surface area contributed by atoms with Crippen molar-refractivity contribution in [2.24, 2.45) is 0 Å². The van der Waals surface area contributed by atoms with Gasteiger partial charge in [0, 0.05) is 19.6 Å². The SMILES string of the molecule is OC1CN(CC2CCOCO2)C1. The van der Waals surface area contributed by atoms with Gasteiger partial charge in [-0.05, 0) is 6.42 Å². The van der Waals surface area contributed by atoms with Gasteiger partial charge in [-0.25, -0.2) is 0 Å². The molecule has 0 aromatic carbocycles. The minimum absolute atomic E-state index is 0.107. The second-order valence-corrected chi connectivity index (χ2v) is 3.48. The molecular formula is C8H15NO3. The number of aliphatic hydroxyl groups excluding tert-OH is 1. The second-order valence-electron chi connectivity index (χ2n) is 3.48. The van der Waals surface area contributed by atoms with E-state index in [1.807, 2.05) is 0 Å². The first-order valence-corrected chi connectivity index (χ1v) is 4.44. The van der Waals surface area contributed by atoms with Crippen LogP contribution in [0.3, 0.4) is 0 Å². The first kappa shape index (κ1) is 8.44. The Morgan fingerprint density at radius 3 is 2.83 bits per heavy atom. The minimum Gasteiger partial charge on any atom is -0.390 e. The highest BCUT2D eigenvalue weighted by molar-refractivity contribution is 4.81. The molecule has 4 heteroatoms. The number of hydrogen-bond acceptors (Lipinski definition) is 4. The molecule has 70 valence electrons. The molecule has 0 spiro atoms.